The third-order valence-corrected chi connectivity index (χ3v) is 4.94. The quantitative estimate of drug-likeness (QED) is 0.831. The van der Waals surface area contributed by atoms with Gasteiger partial charge in [-0.3, -0.25) is 0 Å². The molecule has 1 saturated heterocycles. The molecule has 4 nitrogen and oxygen atoms in total. The van der Waals surface area contributed by atoms with E-state index >= 15 is 0 Å². The Kier molecular flexibility index (Phi) is 5.25. The van der Waals surface area contributed by atoms with E-state index in [9.17, 15) is 26.0 Å². The Bertz CT molecular complexity index is 621. The van der Waals surface area contributed by atoms with Crippen molar-refractivity contribution in [3.8, 4) is 0 Å². The predicted molar refractivity (Wildman–Crippen MR) is 70.0 cm³/mol. The van der Waals surface area contributed by atoms with Crippen LogP contribution < -0.4 is 5.73 Å². The van der Waals surface area contributed by atoms with Crippen LogP contribution in [0, 0.1) is 5.82 Å². The maximum atomic E-state index is 13.6. The summed E-state index contributed by atoms with van der Waals surface area (Å²) in [7, 11) is -4.31. The molecule has 1 heterocycles. The highest BCUT2D eigenvalue weighted by atomic mass is 35.5. The Morgan fingerprint density at radius 1 is 1.29 bits per heavy atom. The maximum absolute atomic E-state index is 13.6. The van der Waals surface area contributed by atoms with Gasteiger partial charge in [0.2, 0.25) is 10.0 Å². The molecule has 0 aliphatic carbocycles. The first-order valence-corrected chi connectivity index (χ1v) is 7.19. The fourth-order valence-corrected chi connectivity index (χ4v) is 3.59. The zero-order chi connectivity index (χ0) is 15.1. The summed E-state index contributed by atoms with van der Waals surface area (Å²) >= 11 is 0. The topological polar surface area (TPSA) is 63.4 Å². The van der Waals surface area contributed by atoms with E-state index in [1.54, 1.807) is 0 Å². The van der Waals surface area contributed by atoms with Crippen molar-refractivity contribution in [3.63, 3.8) is 0 Å². The van der Waals surface area contributed by atoms with Gasteiger partial charge in [0.1, 0.15) is 10.7 Å². The van der Waals surface area contributed by atoms with Gasteiger partial charge in [-0.05, 0) is 24.6 Å². The molecule has 2 N–H and O–H groups in total. The van der Waals surface area contributed by atoms with Crippen molar-refractivity contribution in [2.75, 3.05) is 13.1 Å². The van der Waals surface area contributed by atoms with Crippen LogP contribution in [0.1, 0.15) is 12.0 Å². The molecule has 0 unspecified atom stereocenters. The number of benzene rings is 1. The minimum Gasteiger partial charge on any atom is -0.326 e. The standard InChI is InChI=1S/C11H12F4N2O2S.ClH/c12-9-2-1-7(11(13,14)15)5-10(9)20(18,19)17-4-3-8(16)6-17;/h1-2,5,8H,3-4,6,16H2;1H/t8-;/m1./s1. The van der Waals surface area contributed by atoms with Gasteiger partial charge in [0.25, 0.3) is 0 Å². The fourth-order valence-electron chi connectivity index (χ4n) is 1.99. The summed E-state index contributed by atoms with van der Waals surface area (Å²) < 4.78 is 76.5. The van der Waals surface area contributed by atoms with Crippen molar-refractivity contribution >= 4 is 22.4 Å². The second kappa shape index (κ2) is 6.07. The third-order valence-electron chi connectivity index (χ3n) is 3.06. The van der Waals surface area contributed by atoms with Crippen molar-refractivity contribution in [2.45, 2.75) is 23.5 Å². The summed E-state index contributed by atoms with van der Waals surface area (Å²) in [6.45, 7) is 0.0389. The number of halogens is 5. The second-order valence-electron chi connectivity index (χ2n) is 4.55. The molecule has 2 rings (SSSR count). The van der Waals surface area contributed by atoms with Crippen LogP contribution >= 0.6 is 12.4 Å². The zero-order valence-corrected chi connectivity index (χ0v) is 12.2. The van der Waals surface area contributed by atoms with E-state index in [4.69, 9.17) is 5.73 Å². The average molecular weight is 349 g/mol. The van der Waals surface area contributed by atoms with E-state index in [0.29, 0.717) is 24.6 Å². The summed E-state index contributed by atoms with van der Waals surface area (Å²) in [4.78, 5) is -0.971. The minimum absolute atomic E-state index is 0. The molecular formula is C11H13ClF4N2O2S. The summed E-state index contributed by atoms with van der Waals surface area (Å²) in [6, 6.07) is 0.934. The molecular weight excluding hydrogens is 336 g/mol. The van der Waals surface area contributed by atoms with Crippen LogP contribution in [0.15, 0.2) is 23.1 Å². The highest BCUT2D eigenvalue weighted by molar-refractivity contribution is 7.89. The highest BCUT2D eigenvalue weighted by Gasteiger charge is 2.36. The second-order valence-corrected chi connectivity index (χ2v) is 6.46. The molecule has 0 saturated carbocycles. The number of rotatable bonds is 2. The van der Waals surface area contributed by atoms with E-state index in [1.165, 1.54) is 0 Å². The van der Waals surface area contributed by atoms with E-state index in [-0.39, 0.29) is 25.5 Å². The molecule has 10 heteroatoms. The lowest BCUT2D eigenvalue weighted by atomic mass is 10.2. The smallest absolute Gasteiger partial charge is 0.326 e. The van der Waals surface area contributed by atoms with E-state index in [0.717, 1.165) is 4.31 Å². The molecule has 1 atom stereocenters. The molecule has 1 aromatic rings. The average Bonchev–Trinajstić information content (AvgIpc) is 2.75. The van der Waals surface area contributed by atoms with Crippen molar-refractivity contribution in [1.29, 1.82) is 0 Å². The molecule has 1 aliphatic rings. The van der Waals surface area contributed by atoms with Crippen LogP contribution in [0.25, 0.3) is 0 Å². The van der Waals surface area contributed by atoms with E-state index < -0.39 is 38.5 Å². The van der Waals surface area contributed by atoms with Crippen molar-refractivity contribution in [3.05, 3.63) is 29.6 Å². The third kappa shape index (κ3) is 3.65. The Hall–Kier alpha value is -0.900. The Morgan fingerprint density at radius 2 is 1.90 bits per heavy atom. The van der Waals surface area contributed by atoms with Gasteiger partial charge >= 0.3 is 6.18 Å². The molecule has 1 aliphatic heterocycles. The zero-order valence-electron chi connectivity index (χ0n) is 10.6. The number of hydrogen-bond donors (Lipinski definition) is 1. The van der Waals surface area contributed by atoms with Gasteiger partial charge in [0.05, 0.1) is 5.56 Å². The van der Waals surface area contributed by atoms with Crippen LogP contribution in [0.5, 0.6) is 0 Å². The number of hydrogen-bond acceptors (Lipinski definition) is 3. The van der Waals surface area contributed by atoms with Crippen molar-refractivity contribution < 1.29 is 26.0 Å². The lowest BCUT2D eigenvalue weighted by Crippen LogP contribution is -2.32. The van der Waals surface area contributed by atoms with Gasteiger partial charge in [-0.25, -0.2) is 12.8 Å². The number of alkyl halides is 3. The molecule has 1 aromatic carbocycles. The van der Waals surface area contributed by atoms with Crippen molar-refractivity contribution in [1.82, 2.24) is 4.31 Å². The van der Waals surface area contributed by atoms with Gasteiger partial charge < -0.3 is 5.73 Å². The molecule has 0 radical (unpaired) electrons. The Balaban J connectivity index is 0.00000220. The van der Waals surface area contributed by atoms with Gasteiger partial charge in [-0.1, -0.05) is 0 Å². The fraction of sp³-hybridized carbons (Fsp3) is 0.455. The lowest BCUT2D eigenvalue weighted by molar-refractivity contribution is -0.137. The van der Waals surface area contributed by atoms with Crippen LogP contribution in [0.2, 0.25) is 0 Å². The van der Waals surface area contributed by atoms with Crippen molar-refractivity contribution in [2.24, 2.45) is 5.73 Å². The summed E-state index contributed by atoms with van der Waals surface area (Å²) in [5, 5.41) is 0. The van der Waals surface area contributed by atoms with E-state index in [1.807, 2.05) is 0 Å². The highest BCUT2D eigenvalue weighted by Crippen LogP contribution is 2.32. The van der Waals surface area contributed by atoms with Gasteiger partial charge in [-0.2, -0.15) is 17.5 Å². The van der Waals surface area contributed by atoms with Gasteiger partial charge in [0.15, 0.2) is 0 Å². The Labute approximate surface area is 125 Å². The van der Waals surface area contributed by atoms with Crippen LogP contribution in [0.4, 0.5) is 17.6 Å². The normalized spacial score (nSPS) is 20.3. The minimum atomic E-state index is -4.74. The SMILES string of the molecule is Cl.N[C@@H]1CCN(S(=O)(=O)c2cc(C(F)(F)F)ccc2F)C1. The molecule has 0 aromatic heterocycles. The molecule has 0 spiro atoms. The van der Waals surface area contributed by atoms with Gasteiger partial charge in [0, 0.05) is 19.1 Å². The maximum Gasteiger partial charge on any atom is 0.416 e. The van der Waals surface area contributed by atoms with E-state index in [2.05, 4.69) is 0 Å². The summed E-state index contributed by atoms with van der Waals surface area (Å²) in [6.07, 6.45) is -4.35. The Morgan fingerprint density at radius 3 is 2.38 bits per heavy atom. The molecule has 120 valence electrons. The summed E-state index contributed by atoms with van der Waals surface area (Å²) in [5.41, 5.74) is 4.35. The molecule has 21 heavy (non-hydrogen) atoms. The number of nitrogens with zero attached hydrogens (tertiary/aromatic N) is 1. The van der Waals surface area contributed by atoms with Crippen LogP contribution in [-0.4, -0.2) is 31.9 Å². The number of sulfonamides is 1. The predicted octanol–water partition coefficient (Wildman–Crippen LogP) is 1.99. The monoisotopic (exact) mass is 348 g/mol. The largest absolute Gasteiger partial charge is 0.416 e. The molecule has 0 bridgehead atoms. The van der Waals surface area contributed by atoms with Crippen LogP contribution in [0.3, 0.4) is 0 Å². The molecule has 1 fully saturated rings. The summed E-state index contributed by atoms with van der Waals surface area (Å²) in [5.74, 6) is -1.21. The van der Waals surface area contributed by atoms with Gasteiger partial charge in [-0.15, -0.1) is 12.4 Å². The van der Waals surface area contributed by atoms with Crippen LogP contribution in [-0.2, 0) is 16.2 Å². The first-order valence-electron chi connectivity index (χ1n) is 5.75. The lowest BCUT2D eigenvalue weighted by Gasteiger charge is -2.17. The molecule has 0 amide bonds. The first-order chi connectivity index (χ1) is 9.12. The number of nitrogens with two attached hydrogens (primary N) is 1. The first kappa shape index (κ1) is 18.1.